The number of fused-ring (bicyclic) bond motifs is 1. The van der Waals surface area contributed by atoms with E-state index in [-0.39, 0.29) is 29.0 Å². The zero-order chi connectivity index (χ0) is 22.9. The van der Waals surface area contributed by atoms with Gasteiger partial charge in [-0.3, -0.25) is 14.0 Å². The molecule has 1 aromatic carbocycles. The number of aryl methyl sites for hydroxylation is 1. The van der Waals surface area contributed by atoms with Crippen LogP contribution in [0.2, 0.25) is 0 Å². The molecular weight excluding hydrogens is 421 g/mol. The van der Waals surface area contributed by atoms with Crippen molar-refractivity contribution in [1.82, 2.24) is 14.7 Å². The van der Waals surface area contributed by atoms with Gasteiger partial charge in [-0.2, -0.15) is 13.2 Å². The molecule has 2 aromatic heterocycles. The van der Waals surface area contributed by atoms with Crippen molar-refractivity contribution in [1.29, 1.82) is 0 Å². The maximum Gasteiger partial charge on any atom is 0.416 e. The van der Waals surface area contributed by atoms with Crippen molar-refractivity contribution in [2.24, 2.45) is 0 Å². The number of carbonyl (C=O) groups excluding carboxylic acids is 2. The molecular formula is C23H23F3N4O2. The minimum Gasteiger partial charge on any atom is -0.348 e. The van der Waals surface area contributed by atoms with Gasteiger partial charge in [0.2, 0.25) is 0 Å². The average molecular weight is 444 g/mol. The van der Waals surface area contributed by atoms with Crippen LogP contribution in [-0.4, -0.2) is 27.2 Å². The first-order valence-electron chi connectivity index (χ1n) is 10.5. The van der Waals surface area contributed by atoms with Crippen LogP contribution in [0.15, 0.2) is 42.6 Å². The Morgan fingerprint density at radius 2 is 1.81 bits per heavy atom. The standard InChI is InChI=1S/C23H23F3N4O2/c1-14-10-11-18-28-20(29-21(31)15-6-5-7-16(12-15)23(24,25)26)19(30(18)13-14)22(32)27-17-8-3-2-4-9-17/h5-7,10-13,17H,2-4,8-9H2,1H3,(H,27,32)(H,29,31). The lowest BCUT2D eigenvalue weighted by atomic mass is 9.95. The number of pyridine rings is 1. The number of nitrogens with one attached hydrogen (secondary N) is 2. The molecule has 1 fully saturated rings. The number of amides is 2. The molecule has 2 amide bonds. The number of benzene rings is 1. The Labute approximate surface area is 182 Å². The van der Waals surface area contributed by atoms with Gasteiger partial charge in [0.25, 0.3) is 11.8 Å². The molecule has 0 aliphatic heterocycles. The second-order valence-electron chi connectivity index (χ2n) is 8.08. The van der Waals surface area contributed by atoms with Crippen LogP contribution in [0.4, 0.5) is 19.0 Å². The van der Waals surface area contributed by atoms with Gasteiger partial charge in [0.1, 0.15) is 5.65 Å². The largest absolute Gasteiger partial charge is 0.416 e. The average Bonchev–Trinajstić information content (AvgIpc) is 3.11. The second kappa shape index (κ2) is 8.64. The molecule has 6 nitrogen and oxygen atoms in total. The summed E-state index contributed by atoms with van der Waals surface area (Å²) in [6.07, 6.45) is 2.15. The zero-order valence-corrected chi connectivity index (χ0v) is 17.5. The number of alkyl halides is 3. The molecule has 1 aliphatic carbocycles. The molecule has 1 saturated carbocycles. The minimum atomic E-state index is -4.57. The van der Waals surface area contributed by atoms with Crippen LogP contribution in [0.3, 0.4) is 0 Å². The van der Waals surface area contributed by atoms with Crippen LogP contribution in [0.1, 0.15) is 64.1 Å². The number of hydrogen-bond donors (Lipinski definition) is 2. The lowest BCUT2D eigenvalue weighted by Gasteiger charge is -2.22. The van der Waals surface area contributed by atoms with Gasteiger partial charge >= 0.3 is 6.18 Å². The highest BCUT2D eigenvalue weighted by atomic mass is 19.4. The van der Waals surface area contributed by atoms with Gasteiger partial charge in [0.05, 0.1) is 5.56 Å². The van der Waals surface area contributed by atoms with Crippen LogP contribution in [0.25, 0.3) is 5.65 Å². The maximum absolute atomic E-state index is 13.2. The summed E-state index contributed by atoms with van der Waals surface area (Å²) in [5, 5.41) is 5.55. The number of hydrogen-bond acceptors (Lipinski definition) is 3. The Hall–Kier alpha value is -3.36. The third-order valence-electron chi connectivity index (χ3n) is 5.61. The van der Waals surface area contributed by atoms with E-state index in [0.29, 0.717) is 5.65 Å². The van der Waals surface area contributed by atoms with Gasteiger partial charge in [-0.1, -0.05) is 31.4 Å². The summed E-state index contributed by atoms with van der Waals surface area (Å²) in [5.74, 6) is -1.15. The van der Waals surface area contributed by atoms with Gasteiger partial charge in [0, 0.05) is 17.8 Å². The Kier molecular flexibility index (Phi) is 5.90. The van der Waals surface area contributed by atoms with E-state index in [9.17, 15) is 22.8 Å². The van der Waals surface area contributed by atoms with E-state index in [4.69, 9.17) is 0 Å². The molecule has 0 unspecified atom stereocenters. The highest BCUT2D eigenvalue weighted by molar-refractivity contribution is 6.08. The number of rotatable bonds is 4. The summed E-state index contributed by atoms with van der Waals surface area (Å²) in [7, 11) is 0. The van der Waals surface area contributed by atoms with Crippen molar-refractivity contribution in [3.05, 3.63) is 65.0 Å². The summed E-state index contributed by atoms with van der Waals surface area (Å²) in [6, 6.07) is 7.70. The van der Waals surface area contributed by atoms with E-state index in [1.807, 2.05) is 13.0 Å². The molecule has 0 radical (unpaired) electrons. The normalized spacial score (nSPS) is 15.0. The number of halogens is 3. The second-order valence-corrected chi connectivity index (χ2v) is 8.08. The molecule has 0 atom stereocenters. The fraction of sp³-hybridized carbons (Fsp3) is 0.348. The number of nitrogens with zero attached hydrogens (tertiary/aromatic N) is 2. The summed E-state index contributed by atoms with van der Waals surface area (Å²) in [4.78, 5) is 30.2. The molecule has 0 bridgehead atoms. The number of carbonyl (C=O) groups is 2. The van der Waals surface area contributed by atoms with Gasteiger partial charge < -0.3 is 10.6 Å². The molecule has 0 spiro atoms. The van der Waals surface area contributed by atoms with Gasteiger partial charge in [-0.15, -0.1) is 0 Å². The lowest BCUT2D eigenvalue weighted by molar-refractivity contribution is -0.137. The predicted octanol–water partition coefficient (Wildman–Crippen LogP) is 4.98. The van der Waals surface area contributed by atoms with Crippen molar-refractivity contribution in [3.63, 3.8) is 0 Å². The lowest BCUT2D eigenvalue weighted by Crippen LogP contribution is -2.37. The SMILES string of the molecule is Cc1ccc2nc(NC(=O)c3cccc(C(F)(F)F)c3)c(C(=O)NC3CCCCC3)n2c1. The van der Waals surface area contributed by atoms with Crippen molar-refractivity contribution < 1.29 is 22.8 Å². The summed E-state index contributed by atoms with van der Waals surface area (Å²) >= 11 is 0. The minimum absolute atomic E-state index is 0.00585. The fourth-order valence-electron chi connectivity index (χ4n) is 3.97. The van der Waals surface area contributed by atoms with Gasteiger partial charge in [-0.25, -0.2) is 4.98 Å². The van der Waals surface area contributed by atoms with Gasteiger partial charge in [0.15, 0.2) is 11.5 Å². The van der Waals surface area contributed by atoms with E-state index in [1.165, 1.54) is 12.1 Å². The maximum atomic E-state index is 13.2. The zero-order valence-electron chi connectivity index (χ0n) is 17.5. The smallest absolute Gasteiger partial charge is 0.348 e. The van der Waals surface area contributed by atoms with E-state index in [1.54, 1.807) is 16.7 Å². The van der Waals surface area contributed by atoms with Crippen LogP contribution < -0.4 is 10.6 Å². The molecule has 3 aromatic rings. The van der Waals surface area contributed by atoms with Crippen molar-refractivity contribution in [2.75, 3.05) is 5.32 Å². The van der Waals surface area contributed by atoms with Crippen LogP contribution in [0, 0.1) is 6.92 Å². The first-order chi connectivity index (χ1) is 15.2. The molecule has 4 rings (SSSR count). The molecule has 9 heteroatoms. The molecule has 2 heterocycles. The highest BCUT2D eigenvalue weighted by Gasteiger charge is 2.31. The molecule has 0 saturated heterocycles. The van der Waals surface area contributed by atoms with Crippen LogP contribution in [-0.2, 0) is 6.18 Å². The third-order valence-corrected chi connectivity index (χ3v) is 5.61. The fourth-order valence-corrected chi connectivity index (χ4v) is 3.97. The van der Waals surface area contributed by atoms with Gasteiger partial charge in [-0.05, 0) is 49.6 Å². The Bertz CT molecular complexity index is 1160. The molecule has 168 valence electrons. The monoisotopic (exact) mass is 444 g/mol. The first kappa shape index (κ1) is 21.9. The van der Waals surface area contributed by atoms with Crippen LogP contribution in [0.5, 0.6) is 0 Å². The first-order valence-corrected chi connectivity index (χ1v) is 10.5. The Morgan fingerprint density at radius 1 is 1.06 bits per heavy atom. The predicted molar refractivity (Wildman–Crippen MR) is 114 cm³/mol. The number of anilines is 1. The summed E-state index contributed by atoms with van der Waals surface area (Å²) in [6.45, 7) is 1.86. The van der Waals surface area contributed by atoms with Crippen molar-refractivity contribution in [2.45, 2.75) is 51.2 Å². The highest BCUT2D eigenvalue weighted by Crippen LogP contribution is 2.30. The van der Waals surface area contributed by atoms with Crippen LogP contribution >= 0.6 is 0 Å². The third kappa shape index (κ3) is 4.61. The molecule has 32 heavy (non-hydrogen) atoms. The van der Waals surface area contributed by atoms with Crippen molar-refractivity contribution >= 4 is 23.3 Å². The number of imidazole rings is 1. The number of aromatic nitrogens is 2. The topological polar surface area (TPSA) is 75.5 Å². The van der Waals surface area contributed by atoms with Crippen molar-refractivity contribution in [3.8, 4) is 0 Å². The van der Waals surface area contributed by atoms with E-state index < -0.39 is 17.6 Å². The molecule has 2 N–H and O–H groups in total. The molecule has 1 aliphatic rings. The van der Waals surface area contributed by atoms with E-state index in [0.717, 1.165) is 49.8 Å². The Balaban J connectivity index is 1.67. The summed E-state index contributed by atoms with van der Waals surface area (Å²) < 4.78 is 40.7. The Morgan fingerprint density at radius 3 is 2.53 bits per heavy atom. The quantitative estimate of drug-likeness (QED) is 0.596. The van der Waals surface area contributed by atoms with E-state index in [2.05, 4.69) is 15.6 Å². The van der Waals surface area contributed by atoms with E-state index >= 15 is 0 Å². The summed E-state index contributed by atoms with van der Waals surface area (Å²) in [5.41, 5.74) is 0.383.